The van der Waals surface area contributed by atoms with Crippen molar-refractivity contribution in [3.8, 4) is 0 Å². The van der Waals surface area contributed by atoms with Gasteiger partial charge in [-0.1, -0.05) is 0 Å². The van der Waals surface area contributed by atoms with E-state index in [1.54, 1.807) is 38.1 Å². The van der Waals surface area contributed by atoms with E-state index in [4.69, 9.17) is 4.74 Å². The van der Waals surface area contributed by atoms with Crippen LogP contribution in [-0.2, 0) is 4.74 Å². The van der Waals surface area contributed by atoms with Crippen molar-refractivity contribution >= 4 is 17.7 Å². The summed E-state index contributed by atoms with van der Waals surface area (Å²) in [7, 11) is 3.41. The van der Waals surface area contributed by atoms with E-state index in [1.807, 2.05) is 6.92 Å². The molecule has 1 rings (SSSR count). The Labute approximate surface area is 124 Å². The Morgan fingerprint density at radius 2 is 2.10 bits per heavy atom. The topological polar surface area (TPSA) is 45.7 Å². The first-order chi connectivity index (χ1) is 9.65. The van der Waals surface area contributed by atoms with Crippen molar-refractivity contribution in [1.82, 2.24) is 10.6 Å². The number of benzene rings is 1. The molecule has 1 aromatic carbocycles. The molecular formula is C14H22FN3OS. The molecule has 0 amide bonds. The molecule has 0 saturated heterocycles. The molecule has 4 nitrogen and oxygen atoms in total. The molecule has 0 bridgehead atoms. The Hall–Kier alpha value is -1.27. The Kier molecular flexibility index (Phi) is 8.06. The lowest BCUT2D eigenvalue weighted by Gasteiger charge is -2.17. The van der Waals surface area contributed by atoms with Crippen LogP contribution in [0, 0.1) is 5.82 Å². The number of nitrogens with one attached hydrogen (secondary N) is 2. The summed E-state index contributed by atoms with van der Waals surface area (Å²) in [6, 6.07) is 6.73. The van der Waals surface area contributed by atoms with Crippen LogP contribution in [0.4, 0.5) is 4.39 Å². The largest absolute Gasteiger partial charge is 0.383 e. The fraction of sp³-hybridized carbons (Fsp3) is 0.500. The molecule has 1 unspecified atom stereocenters. The summed E-state index contributed by atoms with van der Waals surface area (Å²) in [5, 5.41) is 6.46. The van der Waals surface area contributed by atoms with E-state index in [9.17, 15) is 4.39 Å². The lowest BCUT2D eigenvalue weighted by atomic mass is 10.4. The summed E-state index contributed by atoms with van der Waals surface area (Å²) in [5.74, 6) is 1.43. The van der Waals surface area contributed by atoms with Gasteiger partial charge in [0.25, 0.3) is 0 Å². The molecular weight excluding hydrogens is 277 g/mol. The van der Waals surface area contributed by atoms with Gasteiger partial charge in [-0.3, -0.25) is 4.99 Å². The van der Waals surface area contributed by atoms with E-state index in [1.165, 1.54) is 12.1 Å². The van der Waals surface area contributed by atoms with Crippen LogP contribution in [0.2, 0.25) is 0 Å². The molecule has 0 fully saturated rings. The van der Waals surface area contributed by atoms with E-state index >= 15 is 0 Å². The first kappa shape index (κ1) is 16.8. The monoisotopic (exact) mass is 299 g/mol. The number of halogens is 1. The minimum absolute atomic E-state index is 0.204. The van der Waals surface area contributed by atoms with Crippen LogP contribution in [0.25, 0.3) is 0 Å². The third kappa shape index (κ3) is 6.77. The normalized spacial score (nSPS) is 13.1. The zero-order chi connectivity index (χ0) is 14.8. The maximum Gasteiger partial charge on any atom is 0.191 e. The van der Waals surface area contributed by atoms with E-state index in [2.05, 4.69) is 15.6 Å². The second-order valence-corrected chi connectivity index (χ2v) is 5.47. The number of guanidine groups is 1. The highest BCUT2D eigenvalue weighted by Gasteiger charge is 2.03. The van der Waals surface area contributed by atoms with Crippen molar-refractivity contribution in [3.63, 3.8) is 0 Å². The van der Waals surface area contributed by atoms with Gasteiger partial charge in [0, 0.05) is 37.4 Å². The third-order valence-electron chi connectivity index (χ3n) is 2.50. The molecule has 0 saturated carbocycles. The molecule has 0 spiro atoms. The highest BCUT2D eigenvalue weighted by molar-refractivity contribution is 7.99. The number of rotatable bonds is 7. The second kappa shape index (κ2) is 9.61. The number of methoxy groups -OCH3 is 1. The van der Waals surface area contributed by atoms with Gasteiger partial charge >= 0.3 is 0 Å². The molecule has 6 heteroatoms. The maximum absolute atomic E-state index is 12.8. The van der Waals surface area contributed by atoms with Gasteiger partial charge in [-0.2, -0.15) is 0 Å². The van der Waals surface area contributed by atoms with Crippen LogP contribution in [0.3, 0.4) is 0 Å². The predicted molar refractivity (Wildman–Crippen MR) is 83.0 cm³/mol. The Morgan fingerprint density at radius 1 is 1.40 bits per heavy atom. The Morgan fingerprint density at radius 3 is 2.70 bits per heavy atom. The van der Waals surface area contributed by atoms with Crippen LogP contribution in [-0.4, -0.2) is 45.1 Å². The van der Waals surface area contributed by atoms with E-state index < -0.39 is 0 Å². The SMILES string of the molecule is CN=C(NCCSc1ccc(F)cc1)NC(C)COC. The summed E-state index contributed by atoms with van der Waals surface area (Å²) in [6.07, 6.45) is 0. The smallest absolute Gasteiger partial charge is 0.191 e. The molecule has 1 aromatic rings. The fourth-order valence-corrected chi connectivity index (χ4v) is 2.36. The lowest BCUT2D eigenvalue weighted by molar-refractivity contribution is 0.179. The number of ether oxygens (including phenoxy) is 1. The van der Waals surface area contributed by atoms with Crippen molar-refractivity contribution < 1.29 is 9.13 Å². The van der Waals surface area contributed by atoms with Crippen LogP contribution in [0.15, 0.2) is 34.2 Å². The van der Waals surface area contributed by atoms with E-state index in [0.29, 0.717) is 6.61 Å². The predicted octanol–water partition coefficient (Wildman–Crippen LogP) is 2.12. The third-order valence-corrected chi connectivity index (χ3v) is 3.51. The van der Waals surface area contributed by atoms with Crippen molar-refractivity contribution in [2.75, 3.05) is 33.1 Å². The van der Waals surface area contributed by atoms with Gasteiger partial charge < -0.3 is 15.4 Å². The summed E-state index contributed by atoms with van der Waals surface area (Å²) < 4.78 is 17.8. The summed E-state index contributed by atoms with van der Waals surface area (Å²) >= 11 is 1.67. The molecule has 20 heavy (non-hydrogen) atoms. The van der Waals surface area contributed by atoms with Crippen molar-refractivity contribution in [1.29, 1.82) is 0 Å². The number of nitrogens with zero attached hydrogens (tertiary/aromatic N) is 1. The second-order valence-electron chi connectivity index (χ2n) is 4.30. The highest BCUT2D eigenvalue weighted by atomic mass is 32.2. The molecule has 0 heterocycles. The first-order valence-corrected chi connectivity index (χ1v) is 7.48. The molecule has 0 aromatic heterocycles. The van der Waals surface area contributed by atoms with Gasteiger partial charge in [-0.05, 0) is 31.2 Å². The minimum atomic E-state index is -0.204. The molecule has 112 valence electrons. The average Bonchev–Trinajstić information content (AvgIpc) is 2.44. The van der Waals surface area contributed by atoms with Crippen molar-refractivity contribution in [2.24, 2.45) is 4.99 Å². The van der Waals surface area contributed by atoms with E-state index in [0.717, 1.165) is 23.2 Å². The zero-order valence-corrected chi connectivity index (χ0v) is 13.0. The van der Waals surface area contributed by atoms with Crippen LogP contribution in [0.1, 0.15) is 6.92 Å². The summed E-state index contributed by atoms with van der Waals surface area (Å²) in [4.78, 5) is 5.21. The number of hydrogen-bond acceptors (Lipinski definition) is 3. The minimum Gasteiger partial charge on any atom is -0.383 e. The molecule has 0 radical (unpaired) electrons. The molecule has 0 aliphatic carbocycles. The van der Waals surface area contributed by atoms with Gasteiger partial charge in [0.1, 0.15) is 5.82 Å². The fourth-order valence-electron chi connectivity index (χ4n) is 1.59. The number of aliphatic imine (C=N–C) groups is 1. The van der Waals surface area contributed by atoms with Gasteiger partial charge in [0.05, 0.1) is 6.61 Å². The zero-order valence-electron chi connectivity index (χ0n) is 12.1. The van der Waals surface area contributed by atoms with Gasteiger partial charge in [0.2, 0.25) is 0 Å². The molecule has 0 aliphatic heterocycles. The van der Waals surface area contributed by atoms with Crippen LogP contribution >= 0.6 is 11.8 Å². The molecule has 1 atom stereocenters. The average molecular weight is 299 g/mol. The standard InChI is InChI=1S/C14H22FN3OS/c1-11(10-19-3)18-14(16-2)17-8-9-20-13-6-4-12(15)5-7-13/h4-7,11H,8-10H2,1-3H3,(H2,16,17,18). The summed E-state index contributed by atoms with van der Waals surface area (Å²) in [6.45, 7) is 3.44. The maximum atomic E-state index is 12.8. The van der Waals surface area contributed by atoms with Crippen LogP contribution < -0.4 is 10.6 Å². The quantitative estimate of drug-likeness (QED) is 0.350. The van der Waals surface area contributed by atoms with Gasteiger partial charge in [-0.15, -0.1) is 11.8 Å². The highest BCUT2D eigenvalue weighted by Crippen LogP contribution is 2.17. The van der Waals surface area contributed by atoms with E-state index in [-0.39, 0.29) is 11.9 Å². The van der Waals surface area contributed by atoms with Crippen LogP contribution in [0.5, 0.6) is 0 Å². The Bertz CT molecular complexity index is 411. The van der Waals surface area contributed by atoms with Crippen molar-refractivity contribution in [2.45, 2.75) is 17.9 Å². The lowest BCUT2D eigenvalue weighted by Crippen LogP contribution is -2.44. The van der Waals surface area contributed by atoms with Crippen molar-refractivity contribution in [3.05, 3.63) is 30.1 Å². The van der Waals surface area contributed by atoms with Gasteiger partial charge in [0.15, 0.2) is 5.96 Å². The number of hydrogen-bond donors (Lipinski definition) is 2. The molecule has 0 aliphatic rings. The van der Waals surface area contributed by atoms with Gasteiger partial charge in [-0.25, -0.2) is 4.39 Å². The molecule has 2 N–H and O–H groups in total. The first-order valence-electron chi connectivity index (χ1n) is 6.50. The Balaban J connectivity index is 2.23. The summed E-state index contributed by atoms with van der Waals surface area (Å²) in [5.41, 5.74) is 0. The number of thioether (sulfide) groups is 1.